The summed E-state index contributed by atoms with van der Waals surface area (Å²) in [5, 5.41) is 0.602. The fourth-order valence-corrected chi connectivity index (χ4v) is 2.70. The van der Waals surface area contributed by atoms with Gasteiger partial charge < -0.3 is 4.74 Å². The zero-order valence-electron chi connectivity index (χ0n) is 10.7. The molecule has 1 aromatic rings. The minimum atomic E-state index is -0.388. The fourth-order valence-electron chi connectivity index (χ4n) is 2.46. The third kappa shape index (κ3) is 2.54. The van der Waals surface area contributed by atoms with Crippen LogP contribution in [0.25, 0.3) is 0 Å². The highest BCUT2D eigenvalue weighted by atomic mass is 35.5. The van der Waals surface area contributed by atoms with E-state index in [1.54, 1.807) is 6.08 Å². The Bertz CT molecular complexity index is 529. The molecule has 0 aromatic heterocycles. The van der Waals surface area contributed by atoms with Gasteiger partial charge in [0.05, 0.1) is 17.2 Å². The van der Waals surface area contributed by atoms with Crippen LogP contribution in [-0.4, -0.2) is 12.7 Å². The van der Waals surface area contributed by atoms with Crippen molar-refractivity contribution in [2.45, 2.75) is 37.6 Å². The van der Waals surface area contributed by atoms with Crippen LogP contribution >= 0.6 is 11.6 Å². The van der Waals surface area contributed by atoms with E-state index >= 15 is 0 Å². The van der Waals surface area contributed by atoms with E-state index in [0.717, 1.165) is 37.2 Å². The molecule has 2 aliphatic carbocycles. The first-order valence-electron chi connectivity index (χ1n) is 6.75. The Labute approximate surface area is 117 Å². The molecule has 0 radical (unpaired) electrons. The minimum absolute atomic E-state index is 0.388. The molecule has 0 heterocycles. The zero-order valence-corrected chi connectivity index (χ0v) is 11.4. The van der Waals surface area contributed by atoms with Crippen LogP contribution in [0.4, 0.5) is 0 Å². The Morgan fingerprint density at radius 2 is 2.21 bits per heavy atom. The van der Waals surface area contributed by atoms with E-state index in [1.807, 2.05) is 18.2 Å². The molecular formula is C15H16ClNO2. The predicted molar refractivity (Wildman–Crippen MR) is 73.3 cm³/mol. The Morgan fingerprint density at radius 3 is 2.74 bits per heavy atom. The molecule has 0 spiro atoms. The molecule has 0 N–H and O–H groups in total. The number of ether oxygens (including phenoxy) is 1. The lowest BCUT2D eigenvalue weighted by Crippen LogP contribution is -2.31. The van der Waals surface area contributed by atoms with Crippen molar-refractivity contribution in [2.24, 2.45) is 10.9 Å². The lowest BCUT2D eigenvalue weighted by Gasteiger charge is -2.37. The van der Waals surface area contributed by atoms with Crippen LogP contribution in [0.5, 0.6) is 5.75 Å². The quantitative estimate of drug-likeness (QED) is 0.606. The van der Waals surface area contributed by atoms with Gasteiger partial charge in [0.25, 0.3) is 0 Å². The number of benzene rings is 1. The maximum Gasteiger partial charge on any atom is 0.235 e. The van der Waals surface area contributed by atoms with Gasteiger partial charge in [0, 0.05) is 0 Å². The van der Waals surface area contributed by atoms with Gasteiger partial charge >= 0.3 is 0 Å². The molecular weight excluding hydrogens is 262 g/mol. The summed E-state index contributed by atoms with van der Waals surface area (Å²) in [7, 11) is 0. The normalized spacial score (nSPS) is 20.3. The van der Waals surface area contributed by atoms with Crippen LogP contribution in [-0.2, 0) is 10.3 Å². The molecule has 4 heteroatoms. The maximum atomic E-state index is 10.6. The molecule has 0 atom stereocenters. The number of hydrogen-bond acceptors (Lipinski definition) is 3. The van der Waals surface area contributed by atoms with Crippen molar-refractivity contribution < 1.29 is 9.53 Å². The van der Waals surface area contributed by atoms with E-state index in [-0.39, 0.29) is 5.54 Å². The summed E-state index contributed by atoms with van der Waals surface area (Å²) >= 11 is 6.26. The van der Waals surface area contributed by atoms with Crippen LogP contribution in [0.15, 0.2) is 23.2 Å². The molecule has 2 fully saturated rings. The van der Waals surface area contributed by atoms with E-state index in [9.17, 15) is 4.79 Å². The summed E-state index contributed by atoms with van der Waals surface area (Å²) in [5.74, 6) is 1.43. The maximum absolute atomic E-state index is 10.6. The molecule has 0 unspecified atom stereocenters. The van der Waals surface area contributed by atoms with Gasteiger partial charge in [-0.05, 0) is 55.7 Å². The third-order valence-corrected chi connectivity index (χ3v) is 4.38. The summed E-state index contributed by atoms with van der Waals surface area (Å²) in [5.41, 5.74) is 0.603. The Balaban J connectivity index is 1.79. The van der Waals surface area contributed by atoms with E-state index in [0.29, 0.717) is 10.9 Å². The van der Waals surface area contributed by atoms with Crippen molar-refractivity contribution in [2.75, 3.05) is 6.61 Å². The van der Waals surface area contributed by atoms with Gasteiger partial charge in [-0.1, -0.05) is 17.7 Å². The smallest absolute Gasteiger partial charge is 0.235 e. The molecule has 0 aliphatic heterocycles. The van der Waals surface area contributed by atoms with Crippen molar-refractivity contribution >= 4 is 17.7 Å². The Morgan fingerprint density at radius 1 is 1.42 bits per heavy atom. The summed E-state index contributed by atoms with van der Waals surface area (Å²) in [6, 6.07) is 5.73. The van der Waals surface area contributed by atoms with Gasteiger partial charge in [0.1, 0.15) is 5.75 Å². The molecule has 1 aromatic carbocycles. The molecule has 0 saturated heterocycles. The Kier molecular flexibility index (Phi) is 3.34. The van der Waals surface area contributed by atoms with Gasteiger partial charge in [-0.15, -0.1) is 0 Å². The number of hydrogen-bond donors (Lipinski definition) is 0. The second-order valence-electron chi connectivity index (χ2n) is 5.49. The van der Waals surface area contributed by atoms with Crippen LogP contribution in [0.1, 0.15) is 37.7 Å². The van der Waals surface area contributed by atoms with Gasteiger partial charge in [0.2, 0.25) is 6.08 Å². The van der Waals surface area contributed by atoms with E-state index in [4.69, 9.17) is 16.3 Å². The number of aliphatic imine (C=N–C) groups is 1. The van der Waals surface area contributed by atoms with Gasteiger partial charge in [0.15, 0.2) is 0 Å². The molecule has 2 saturated carbocycles. The first kappa shape index (κ1) is 12.7. The topological polar surface area (TPSA) is 38.7 Å². The monoisotopic (exact) mass is 277 g/mol. The minimum Gasteiger partial charge on any atom is -0.492 e. The number of isocyanates is 1. The van der Waals surface area contributed by atoms with E-state index in [1.165, 1.54) is 12.8 Å². The summed E-state index contributed by atoms with van der Waals surface area (Å²) < 4.78 is 5.70. The van der Waals surface area contributed by atoms with Crippen molar-refractivity contribution in [1.82, 2.24) is 0 Å². The largest absolute Gasteiger partial charge is 0.492 e. The standard InChI is InChI=1S/C15H16ClNO2/c16-13-8-12(15(17-10-18)6-1-7-15)4-5-14(13)19-9-11-2-3-11/h4-5,8,11H,1-3,6-7,9H2. The highest BCUT2D eigenvalue weighted by Crippen LogP contribution is 2.46. The average Bonchev–Trinajstić information content (AvgIpc) is 3.16. The highest BCUT2D eigenvalue weighted by molar-refractivity contribution is 6.32. The first-order chi connectivity index (χ1) is 9.23. The SMILES string of the molecule is O=C=NC1(c2ccc(OCC3CC3)c(Cl)c2)CCC1. The molecule has 19 heavy (non-hydrogen) atoms. The lowest BCUT2D eigenvalue weighted by atomic mass is 9.72. The number of rotatable bonds is 5. The first-order valence-corrected chi connectivity index (χ1v) is 7.13. The molecule has 3 nitrogen and oxygen atoms in total. The van der Waals surface area contributed by atoms with Crippen LogP contribution in [0, 0.1) is 5.92 Å². The van der Waals surface area contributed by atoms with Crippen LogP contribution in [0.2, 0.25) is 5.02 Å². The van der Waals surface area contributed by atoms with Crippen molar-refractivity contribution in [3.63, 3.8) is 0 Å². The van der Waals surface area contributed by atoms with E-state index < -0.39 is 0 Å². The Hall–Kier alpha value is -1.31. The number of carbonyl (C=O) groups excluding carboxylic acids is 1. The third-order valence-electron chi connectivity index (χ3n) is 4.08. The molecule has 3 rings (SSSR count). The van der Waals surface area contributed by atoms with Gasteiger partial charge in [-0.2, -0.15) is 4.99 Å². The van der Waals surface area contributed by atoms with E-state index in [2.05, 4.69) is 4.99 Å². The zero-order chi connectivity index (χ0) is 13.3. The van der Waals surface area contributed by atoms with Crippen molar-refractivity contribution in [1.29, 1.82) is 0 Å². The second kappa shape index (κ2) is 4.99. The fraction of sp³-hybridized carbons (Fsp3) is 0.533. The lowest BCUT2D eigenvalue weighted by molar-refractivity contribution is 0.255. The molecule has 0 amide bonds. The van der Waals surface area contributed by atoms with Gasteiger partial charge in [-0.3, -0.25) is 0 Å². The highest BCUT2D eigenvalue weighted by Gasteiger charge is 2.39. The van der Waals surface area contributed by atoms with Crippen LogP contribution in [0.3, 0.4) is 0 Å². The summed E-state index contributed by atoms with van der Waals surface area (Å²) in [6.45, 7) is 0.747. The summed E-state index contributed by atoms with van der Waals surface area (Å²) in [4.78, 5) is 14.6. The molecule has 100 valence electrons. The van der Waals surface area contributed by atoms with Crippen molar-refractivity contribution in [3.05, 3.63) is 28.8 Å². The predicted octanol–water partition coefficient (Wildman–Crippen LogP) is 3.84. The molecule has 2 aliphatic rings. The summed E-state index contributed by atoms with van der Waals surface area (Å²) in [6.07, 6.45) is 7.07. The van der Waals surface area contributed by atoms with Crippen molar-refractivity contribution in [3.8, 4) is 5.75 Å². The second-order valence-corrected chi connectivity index (χ2v) is 5.90. The number of halogens is 1. The van der Waals surface area contributed by atoms with Crippen LogP contribution < -0.4 is 4.74 Å². The van der Waals surface area contributed by atoms with Gasteiger partial charge in [-0.25, -0.2) is 4.79 Å². The average molecular weight is 278 g/mol. The number of nitrogens with zero attached hydrogens (tertiary/aromatic N) is 1. The molecule has 0 bridgehead atoms.